The van der Waals surface area contributed by atoms with Crippen LogP contribution in [0.2, 0.25) is 0 Å². The monoisotopic (exact) mass is 322 g/mol. The molecule has 0 saturated heterocycles. The maximum atomic E-state index is 5.64. The molecule has 0 spiro atoms. The van der Waals surface area contributed by atoms with E-state index in [1.165, 1.54) is 11.3 Å². The van der Waals surface area contributed by atoms with Gasteiger partial charge in [-0.05, 0) is 60.3 Å². The first-order valence-corrected chi connectivity index (χ1v) is 7.27. The molecule has 0 N–H and O–H groups in total. The second-order valence-corrected chi connectivity index (χ2v) is 5.65. The van der Waals surface area contributed by atoms with Crippen molar-refractivity contribution in [3.05, 3.63) is 46.5 Å². The van der Waals surface area contributed by atoms with E-state index in [0.717, 1.165) is 23.2 Å². The van der Waals surface area contributed by atoms with Crippen molar-refractivity contribution < 1.29 is 4.74 Å². The van der Waals surface area contributed by atoms with Crippen molar-refractivity contribution in [1.29, 1.82) is 0 Å². The third-order valence-electron chi connectivity index (χ3n) is 2.95. The highest BCUT2D eigenvalue weighted by Gasteiger charge is 2.06. The van der Waals surface area contributed by atoms with Crippen molar-refractivity contribution in [2.75, 3.05) is 0 Å². The number of halogens is 1. The normalized spacial score (nSPS) is 11.0. The lowest BCUT2D eigenvalue weighted by Crippen LogP contribution is -2.05. The average Bonchev–Trinajstić information content (AvgIpc) is 2.68. The Bertz CT molecular complexity index is 512. The van der Waals surface area contributed by atoms with Crippen molar-refractivity contribution in [2.24, 2.45) is 7.05 Å². The summed E-state index contributed by atoms with van der Waals surface area (Å²) in [6.07, 6.45) is 4.02. The molecule has 1 aromatic heterocycles. The second-order valence-electron chi connectivity index (χ2n) is 4.90. The van der Waals surface area contributed by atoms with Crippen LogP contribution in [0, 0.1) is 0 Å². The van der Waals surface area contributed by atoms with E-state index >= 15 is 0 Å². The van der Waals surface area contributed by atoms with Crippen molar-refractivity contribution in [3.63, 3.8) is 0 Å². The Labute approximate surface area is 122 Å². The first-order chi connectivity index (χ1) is 9.06. The molecule has 1 heterocycles. The van der Waals surface area contributed by atoms with Crippen LogP contribution in [0.15, 0.2) is 35.2 Å². The molecule has 0 bridgehead atoms. The molecule has 1 aromatic carbocycles. The van der Waals surface area contributed by atoms with Gasteiger partial charge >= 0.3 is 0 Å². The molecule has 0 fully saturated rings. The van der Waals surface area contributed by atoms with Gasteiger partial charge in [-0.25, -0.2) is 4.98 Å². The first-order valence-electron chi connectivity index (χ1n) is 6.47. The summed E-state index contributed by atoms with van der Waals surface area (Å²) in [7, 11) is 2.02. The molecule has 2 rings (SSSR count). The Morgan fingerprint density at radius 3 is 2.42 bits per heavy atom. The first kappa shape index (κ1) is 14.1. The van der Waals surface area contributed by atoms with Gasteiger partial charge in [0.05, 0.1) is 18.1 Å². The van der Waals surface area contributed by atoms with E-state index in [1.54, 1.807) is 0 Å². The van der Waals surface area contributed by atoms with Gasteiger partial charge < -0.3 is 9.30 Å². The molecule has 0 radical (unpaired) electrons. The lowest BCUT2D eigenvalue weighted by Gasteiger charge is -2.10. The molecule has 0 aliphatic rings. The number of imidazole rings is 1. The number of hydrogen-bond acceptors (Lipinski definition) is 2. The lowest BCUT2D eigenvalue weighted by molar-refractivity contribution is 0.242. The molecule has 2 aromatic rings. The van der Waals surface area contributed by atoms with Gasteiger partial charge in [0.1, 0.15) is 10.4 Å². The summed E-state index contributed by atoms with van der Waals surface area (Å²) in [6.45, 7) is 4.07. The highest BCUT2D eigenvalue weighted by Crippen LogP contribution is 2.18. The molecule has 0 aliphatic carbocycles. The van der Waals surface area contributed by atoms with Crippen LogP contribution in [0.3, 0.4) is 0 Å². The minimum absolute atomic E-state index is 0.219. The molecule has 0 unspecified atom stereocenters. The highest BCUT2D eigenvalue weighted by molar-refractivity contribution is 9.10. The number of nitrogens with zero attached hydrogens (tertiary/aromatic N) is 2. The molecule has 0 aliphatic heterocycles. The van der Waals surface area contributed by atoms with Crippen LogP contribution in [0.1, 0.15) is 25.1 Å². The summed E-state index contributed by atoms with van der Waals surface area (Å²) in [6, 6.07) is 8.32. The van der Waals surface area contributed by atoms with Gasteiger partial charge in [-0.2, -0.15) is 0 Å². The maximum Gasteiger partial charge on any atom is 0.127 e. The predicted octanol–water partition coefficient (Wildman–Crippen LogP) is 3.76. The van der Waals surface area contributed by atoms with Gasteiger partial charge in [0.2, 0.25) is 0 Å². The number of aromatic nitrogens is 2. The van der Waals surface area contributed by atoms with Gasteiger partial charge in [-0.3, -0.25) is 0 Å². The molecule has 0 saturated carbocycles. The minimum Gasteiger partial charge on any atom is -0.491 e. The van der Waals surface area contributed by atoms with E-state index in [-0.39, 0.29) is 6.10 Å². The summed E-state index contributed by atoms with van der Waals surface area (Å²) in [5.74, 6) is 0.931. The molecule has 0 amide bonds. The smallest absolute Gasteiger partial charge is 0.127 e. The molecule has 0 atom stereocenters. The van der Waals surface area contributed by atoms with Crippen molar-refractivity contribution in [2.45, 2.75) is 32.8 Å². The highest BCUT2D eigenvalue weighted by atomic mass is 79.9. The lowest BCUT2D eigenvalue weighted by atomic mass is 10.1. The number of aryl methyl sites for hydroxylation is 2. The van der Waals surface area contributed by atoms with E-state index in [9.17, 15) is 0 Å². The Hall–Kier alpha value is -1.29. The Morgan fingerprint density at radius 1 is 1.21 bits per heavy atom. The topological polar surface area (TPSA) is 27.1 Å². The Balaban J connectivity index is 1.97. The zero-order valence-corrected chi connectivity index (χ0v) is 13.1. The Morgan fingerprint density at radius 2 is 1.89 bits per heavy atom. The van der Waals surface area contributed by atoms with Crippen LogP contribution >= 0.6 is 15.9 Å². The minimum atomic E-state index is 0.219. The van der Waals surface area contributed by atoms with E-state index in [4.69, 9.17) is 4.74 Å². The van der Waals surface area contributed by atoms with Crippen LogP contribution in [0.25, 0.3) is 0 Å². The van der Waals surface area contributed by atoms with Crippen LogP contribution < -0.4 is 4.74 Å². The molecule has 3 nitrogen and oxygen atoms in total. The van der Waals surface area contributed by atoms with Crippen LogP contribution in [-0.2, 0) is 19.9 Å². The molecular weight excluding hydrogens is 304 g/mol. The SMILES string of the molecule is CC(C)Oc1ccc(CCc2c(Br)ncn2C)cc1. The van der Waals surface area contributed by atoms with Crippen molar-refractivity contribution >= 4 is 15.9 Å². The Kier molecular flexibility index (Phi) is 4.64. The summed E-state index contributed by atoms with van der Waals surface area (Å²) in [5.41, 5.74) is 2.53. The fraction of sp³-hybridized carbons (Fsp3) is 0.400. The number of rotatable bonds is 5. The van der Waals surface area contributed by atoms with E-state index < -0.39 is 0 Å². The zero-order chi connectivity index (χ0) is 13.8. The maximum absolute atomic E-state index is 5.64. The molecule has 19 heavy (non-hydrogen) atoms. The van der Waals surface area contributed by atoms with Crippen molar-refractivity contribution in [1.82, 2.24) is 9.55 Å². The van der Waals surface area contributed by atoms with Gasteiger partial charge in [-0.1, -0.05) is 12.1 Å². The van der Waals surface area contributed by atoms with E-state index in [0.29, 0.717) is 0 Å². The fourth-order valence-electron chi connectivity index (χ4n) is 1.98. The van der Waals surface area contributed by atoms with Gasteiger partial charge in [0, 0.05) is 7.05 Å². The zero-order valence-electron chi connectivity index (χ0n) is 11.6. The summed E-state index contributed by atoms with van der Waals surface area (Å²) >= 11 is 3.48. The summed E-state index contributed by atoms with van der Waals surface area (Å²) in [5, 5.41) is 0. The fourth-order valence-corrected chi connectivity index (χ4v) is 2.55. The second kappa shape index (κ2) is 6.24. The molecule has 4 heteroatoms. The van der Waals surface area contributed by atoms with E-state index in [1.807, 2.05) is 39.4 Å². The van der Waals surface area contributed by atoms with Crippen LogP contribution in [0.4, 0.5) is 0 Å². The van der Waals surface area contributed by atoms with Crippen molar-refractivity contribution in [3.8, 4) is 5.75 Å². The number of benzene rings is 1. The largest absolute Gasteiger partial charge is 0.491 e. The average molecular weight is 323 g/mol. The van der Waals surface area contributed by atoms with Crippen LogP contribution in [0.5, 0.6) is 5.75 Å². The third-order valence-corrected chi connectivity index (χ3v) is 3.62. The summed E-state index contributed by atoms with van der Waals surface area (Å²) < 4.78 is 8.63. The summed E-state index contributed by atoms with van der Waals surface area (Å²) in [4.78, 5) is 4.23. The predicted molar refractivity (Wildman–Crippen MR) is 80.5 cm³/mol. The van der Waals surface area contributed by atoms with Gasteiger partial charge in [-0.15, -0.1) is 0 Å². The van der Waals surface area contributed by atoms with Gasteiger partial charge in [0.15, 0.2) is 0 Å². The number of ether oxygens (including phenoxy) is 1. The molecular formula is C15H19BrN2O. The van der Waals surface area contributed by atoms with E-state index in [2.05, 4.69) is 37.6 Å². The number of hydrogen-bond donors (Lipinski definition) is 0. The van der Waals surface area contributed by atoms with Crippen LogP contribution in [-0.4, -0.2) is 15.7 Å². The van der Waals surface area contributed by atoms with Gasteiger partial charge in [0.25, 0.3) is 0 Å². The third kappa shape index (κ3) is 3.83. The quantitative estimate of drug-likeness (QED) is 0.838. The standard InChI is InChI=1S/C15H19BrN2O/c1-11(2)19-13-7-4-12(5-8-13)6-9-14-15(16)17-10-18(14)3/h4-5,7-8,10-11H,6,9H2,1-3H3. The molecule has 102 valence electrons.